The minimum atomic E-state index is 0.973. The van der Waals surface area contributed by atoms with Gasteiger partial charge in [-0.25, -0.2) is 9.97 Å². The Bertz CT molecular complexity index is 925. The lowest BCUT2D eigenvalue weighted by Crippen LogP contribution is -2.21. The number of benzene rings is 2. The Kier molecular flexibility index (Phi) is 4.22. The summed E-state index contributed by atoms with van der Waals surface area (Å²) in [6.07, 6.45) is 6.32. The zero-order valence-electron chi connectivity index (χ0n) is 14.9. The van der Waals surface area contributed by atoms with Gasteiger partial charge in [0, 0.05) is 24.3 Å². The molecule has 0 amide bonds. The van der Waals surface area contributed by atoms with Crippen molar-refractivity contribution < 1.29 is 0 Å². The number of anilines is 1. The molecular formula is C22H23N3. The first-order valence-electron chi connectivity index (χ1n) is 9.11. The molecule has 1 aromatic heterocycles. The molecular weight excluding hydrogens is 306 g/mol. The van der Waals surface area contributed by atoms with Crippen molar-refractivity contribution in [1.29, 1.82) is 0 Å². The Morgan fingerprint density at radius 1 is 1.00 bits per heavy atom. The van der Waals surface area contributed by atoms with E-state index >= 15 is 0 Å². The molecule has 0 N–H and O–H groups in total. The fourth-order valence-corrected chi connectivity index (χ4v) is 3.54. The van der Waals surface area contributed by atoms with Gasteiger partial charge >= 0.3 is 0 Å². The molecule has 1 aliphatic carbocycles. The Morgan fingerprint density at radius 3 is 2.56 bits per heavy atom. The number of hydrogen-bond donors (Lipinski definition) is 0. The van der Waals surface area contributed by atoms with Gasteiger partial charge in [0.25, 0.3) is 0 Å². The number of rotatable bonds is 4. The van der Waals surface area contributed by atoms with Crippen LogP contribution in [0.3, 0.4) is 0 Å². The van der Waals surface area contributed by atoms with E-state index in [0.29, 0.717) is 0 Å². The summed E-state index contributed by atoms with van der Waals surface area (Å²) < 4.78 is 0. The van der Waals surface area contributed by atoms with Crippen LogP contribution in [0.25, 0.3) is 28.2 Å². The second kappa shape index (κ2) is 6.67. The molecule has 0 spiro atoms. The van der Waals surface area contributed by atoms with E-state index in [4.69, 9.17) is 9.97 Å². The maximum Gasteiger partial charge on any atom is 0.0970 e. The molecule has 0 aliphatic heterocycles. The van der Waals surface area contributed by atoms with Crippen molar-refractivity contribution in [1.82, 2.24) is 9.97 Å². The molecule has 3 nitrogen and oxygen atoms in total. The molecule has 3 heteroatoms. The van der Waals surface area contributed by atoms with Crippen molar-refractivity contribution in [2.45, 2.75) is 26.7 Å². The zero-order chi connectivity index (χ0) is 17.2. The largest absolute Gasteiger partial charge is 0.372 e. The fraction of sp³-hybridized carbons (Fsp3) is 0.273. The normalized spacial score (nSPS) is 13.0. The van der Waals surface area contributed by atoms with Crippen LogP contribution in [0.15, 0.2) is 48.5 Å². The Morgan fingerprint density at radius 2 is 1.80 bits per heavy atom. The third kappa shape index (κ3) is 2.91. The Labute approximate surface area is 149 Å². The van der Waals surface area contributed by atoms with Gasteiger partial charge < -0.3 is 4.90 Å². The zero-order valence-corrected chi connectivity index (χ0v) is 14.9. The number of fused-ring (bicyclic) bond motifs is 2. The van der Waals surface area contributed by atoms with E-state index in [-0.39, 0.29) is 0 Å². The number of hydrogen-bond acceptors (Lipinski definition) is 3. The highest BCUT2D eigenvalue weighted by Crippen LogP contribution is 2.33. The van der Waals surface area contributed by atoms with Crippen LogP contribution < -0.4 is 4.90 Å². The summed E-state index contributed by atoms with van der Waals surface area (Å²) in [6, 6.07) is 15.0. The third-order valence-corrected chi connectivity index (χ3v) is 4.89. The van der Waals surface area contributed by atoms with E-state index in [1.165, 1.54) is 16.8 Å². The van der Waals surface area contributed by atoms with Gasteiger partial charge in [0.05, 0.1) is 22.4 Å². The Hall–Kier alpha value is -2.68. The first kappa shape index (κ1) is 15.8. The summed E-state index contributed by atoms with van der Waals surface area (Å²) in [7, 11) is 0. The highest BCUT2D eigenvalue weighted by atomic mass is 15.1. The molecule has 4 rings (SSSR count). The molecule has 126 valence electrons. The summed E-state index contributed by atoms with van der Waals surface area (Å²) in [5, 5.41) is 0. The second-order valence-electron chi connectivity index (χ2n) is 6.40. The fourth-order valence-electron chi connectivity index (χ4n) is 3.54. The molecule has 1 aliphatic rings. The lowest BCUT2D eigenvalue weighted by Gasteiger charge is -2.23. The molecule has 0 fully saturated rings. The molecule has 0 saturated carbocycles. The van der Waals surface area contributed by atoms with Crippen molar-refractivity contribution in [3.05, 3.63) is 59.9 Å². The monoisotopic (exact) mass is 329 g/mol. The van der Waals surface area contributed by atoms with Crippen LogP contribution in [0.2, 0.25) is 0 Å². The minimum absolute atomic E-state index is 0.973. The van der Waals surface area contributed by atoms with Crippen molar-refractivity contribution in [2.24, 2.45) is 0 Å². The lowest BCUT2D eigenvalue weighted by molar-refractivity contribution is 0.866. The van der Waals surface area contributed by atoms with Gasteiger partial charge in [-0.15, -0.1) is 0 Å². The van der Waals surface area contributed by atoms with Crippen LogP contribution in [0.4, 0.5) is 5.69 Å². The molecule has 0 bridgehead atoms. The van der Waals surface area contributed by atoms with Gasteiger partial charge in [0.15, 0.2) is 0 Å². The van der Waals surface area contributed by atoms with E-state index < -0.39 is 0 Å². The van der Waals surface area contributed by atoms with Crippen molar-refractivity contribution in [3.63, 3.8) is 0 Å². The topological polar surface area (TPSA) is 29.0 Å². The highest BCUT2D eigenvalue weighted by molar-refractivity contribution is 5.95. The molecule has 1 heterocycles. The second-order valence-corrected chi connectivity index (χ2v) is 6.40. The molecule has 25 heavy (non-hydrogen) atoms. The van der Waals surface area contributed by atoms with Crippen LogP contribution in [-0.2, 0) is 6.42 Å². The van der Waals surface area contributed by atoms with E-state index in [0.717, 1.165) is 48.4 Å². The lowest BCUT2D eigenvalue weighted by atomic mass is 10.0. The van der Waals surface area contributed by atoms with Gasteiger partial charge in [0.1, 0.15) is 0 Å². The van der Waals surface area contributed by atoms with Crippen LogP contribution >= 0.6 is 0 Å². The summed E-state index contributed by atoms with van der Waals surface area (Å²) in [5.74, 6) is 0. The average molecular weight is 329 g/mol. The highest BCUT2D eigenvalue weighted by Gasteiger charge is 2.15. The van der Waals surface area contributed by atoms with Crippen molar-refractivity contribution >= 4 is 22.8 Å². The SMILES string of the molecule is CCN(CC)c1cc(-c2ccccc2)c2nc3c(nc2c1)C=CCC3. The van der Waals surface area contributed by atoms with E-state index in [9.17, 15) is 0 Å². The van der Waals surface area contributed by atoms with Gasteiger partial charge in [-0.1, -0.05) is 36.4 Å². The smallest absolute Gasteiger partial charge is 0.0970 e. The first-order chi connectivity index (χ1) is 12.3. The van der Waals surface area contributed by atoms with Gasteiger partial charge in [-0.2, -0.15) is 0 Å². The quantitative estimate of drug-likeness (QED) is 0.666. The van der Waals surface area contributed by atoms with Crippen LogP contribution in [-0.4, -0.2) is 23.1 Å². The number of nitrogens with zero attached hydrogens (tertiary/aromatic N) is 3. The van der Waals surface area contributed by atoms with E-state index in [2.05, 4.69) is 73.4 Å². The molecule has 0 atom stereocenters. The van der Waals surface area contributed by atoms with Gasteiger partial charge in [-0.3, -0.25) is 0 Å². The van der Waals surface area contributed by atoms with Crippen LogP contribution in [0.1, 0.15) is 31.7 Å². The van der Waals surface area contributed by atoms with Crippen molar-refractivity contribution in [3.8, 4) is 11.1 Å². The maximum absolute atomic E-state index is 5.01. The summed E-state index contributed by atoms with van der Waals surface area (Å²) >= 11 is 0. The van der Waals surface area contributed by atoms with Crippen LogP contribution in [0.5, 0.6) is 0 Å². The van der Waals surface area contributed by atoms with Gasteiger partial charge in [0.2, 0.25) is 0 Å². The predicted octanol–water partition coefficient (Wildman–Crippen LogP) is 5.10. The van der Waals surface area contributed by atoms with E-state index in [1.807, 2.05) is 0 Å². The number of aromatic nitrogens is 2. The molecule has 0 saturated heterocycles. The van der Waals surface area contributed by atoms with Crippen molar-refractivity contribution in [2.75, 3.05) is 18.0 Å². The number of aryl methyl sites for hydroxylation is 1. The predicted molar refractivity (Wildman–Crippen MR) is 106 cm³/mol. The van der Waals surface area contributed by atoms with E-state index in [1.54, 1.807) is 0 Å². The van der Waals surface area contributed by atoms with Gasteiger partial charge in [-0.05, 0) is 50.5 Å². The Balaban J connectivity index is 2.00. The standard InChI is InChI=1S/C22H23N3/c1-3-25(4-2)17-14-18(16-10-6-5-7-11-16)22-21(15-17)23-19-12-8-9-13-20(19)24-22/h5-8,10-12,14-15H,3-4,9,13H2,1-2H3. The molecule has 2 aromatic carbocycles. The first-order valence-corrected chi connectivity index (χ1v) is 9.11. The number of allylic oxidation sites excluding steroid dienone is 1. The molecule has 3 aromatic rings. The van der Waals surface area contributed by atoms with Crippen LogP contribution in [0, 0.1) is 0 Å². The maximum atomic E-state index is 5.01. The minimum Gasteiger partial charge on any atom is -0.372 e. The third-order valence-electron chi connectivity index (χ3n) is 4.89. The average Bonchev–Trinajstić information content (AvgIpc) is 2.67. The molecule has 0 radical (unpaired) electrons. The molecule has 0 unspecified atom stereocenters. The summed E-state index contributed by atoms with van der Waals surface area (Å²) in [4.78, 5) is 12.3. The summed E-state index contributed by atoms with van der Waals surface area (Å²) in [6.45, 7) is 6.34. The summed E-state index contributed by atoms with van der Waals surface area (Å²) in [5.41, 5.74) is 7.71.